The third kappa shape index (κ3) is 6.82. The maximum atomic E-state index is 13.2. The number of aromatic nitrogens is 5. The molecule has 0 aromatic carbocycles. The minimum absolute atomic E-state index is 0.0656. The molecule has 0 fully saturated rings. The van der Waals surface area contributed by atoms with Crippen LogP contribution in [0, 0.1) is 0 Å². The number of ketones is 1. The van der Waals surface area contributed by atoms with Crippen molar-refractivity contribution in [2.75, 3.05) is 36.4 Å². The molecule has 194 valence electrons. The molecule has 0 spiro atoms. The Morgan fingerprint density at radius 1 is 1.08 bits per heavy atom. The van der Waals surface area contributed by atoms with Crippen LogP contribution in [0.15, 0.2) is 30.7 Å². The van der Waals surface area contributed by atoms with Gasteiger partial charge in [0.05, 0.1) is 12.3 Å². The molecule has 4 rings (SSSR count). The molecule has 0 saturated heterocycles. The zero-order valence-electron chi connectivity index (χ0n) is 21.6. The lowest BCUT2D eigenvalue weighted by atomic mass is 10.0. The number of hydrogen-bond acceptors (Lipinski definition) is 6. The van der Waals surface area contributed by atoms with Gasteiger partial charge in [0.25, 0.3) is 5.91 Å². The summed E-state index contributed by atoms with van der Waals surface area (Å²) in [6, 6.07) is 3.95. The van der Waals surface area contributed by atoms with Crippen LogP contribution in [-0.4, -0.2) is 67.1 Å². The zero-order valence-corrected chi connectivity index (χ0v) is 22.4. The number of ether oxygens (including phenoxy) is 1. The van der Waals surface area contributed by atoms with E-state index in [2.05, 4.69) is 39.2 Å². The first-order valence-electron chi connectivity index (χ1n) is 12.3. The summed E-state index contributed by atoms with van der Waals surface area (Å²) < 4.78 is 9.39. The first-order valence-corrected chi connectivity index (χ1v) is 15.4. The van der Waals surface area contributed by atoms with Crippen molar-refractivity contribution in [3.8, 4) is 11.4 Å². The van der Waals surface area contributed by atoms with E-state index in [1.807, 2.05) is 16.7 Å². The smallest absolute Gasteiger partial charge is 0.275 e. The molecule has 1 aliphatic heterocycles. The maximum Gasteiger partial charge on any atom is 0.275 e. The van der Waals surface area contributed by atoms with Crippen LogP contribution in [0.5, 0.6) is 0 Å². The summed E-state index contributed by atoms with van der Waals surface area (Å²) in [4.78, 5) is 35.2. The monoisotopic (exact) mass is 512 g/mol. The second kappa shape index (κ2) is 11.4. The molecule has 0 aliphatic carbocycles. The summed E-state index contributed by atoms with van der Waals surface area (Å²) in [5.41, 5.74) is 2.83. The number of imidazole rings is 1. The second-order valence-electron chi connectivity index (χ2n) is 10.1. The summed E-state index contributed by atoms with van der Waals surface area (Å²) in [7, 11) is 1.08. The Bertz CT molecular complexity index is 1230. The van der Waals surface area contributed by atoms with E-state index in [9.17, 15) is 9.59 Å². The van der Waals surface area contributed by atoms with Gasteiger partial charge in [-0.2, -0.15) is 5.10 Å². The van der Waals surface area contributed by atoms with Crippen LogP contribution in [0.25, 0.3) is 11.4 Å². The van der Waals surface area contributed by atoms with Crippen molar-refractivity contribution < 1.29 is 14.3 Å². The Hall–Kier alpha value is -2.98. The van der Waals surface area contributed by atoms with Gasteiger partial charge >= 0.3 is 0 Å². The van der Waals surface area contributed by atoms with Crippen LogP contribution in [0.2, 0.25) is 0 Å². The van der Waals surface area contributed by atoms with Crippen LogP contribution in [0.1, 0.15) is 58.8 Å². The van der Waals surface area contributed by atoms with Gasteiger partial charge in [-0.1, -0.05) is 12.8 Å². The molecule has 0 atom stereocenters. The highest BCUT2D eigenvalue weighted by Gasteiger charge is 2.21. The number of fused-ring (bicyclic) bond motifs is 6. The number of carbonyl (C=O) groups is 2. The number of Topliss-reactive ketones (excluding diaryl/α,β-unsaturated/α-hetero) is 1. The molecule has 1 aliphatic rings. The highest BCUT2D eigenvalue weighted by atomic mass is 32.3. The van der Waals surface area contributed by atoms with E-state index in [1.54, 1.807) is 30.3 Å². The quantitative estimate of drug-likeness (QED) is 0.512. The Morgan fingerprint density at radius 3 is 2.64 bits per heavy atom. The fraction of sp³-hybridized carbons (Fsp3) is 0.500. The molecule has 4 heterocycles. The molecule has 3 aromatic heterocycles. The Balaban J connectivity index is 1.66. The number of pyridine rings is 1. The van der Waals surface area contributed by atoms with Gasteiger partial charge in [0, 0.05) is 49.1 Å². The molecule has 36 heavy (non-hydrogen) atoms. The molecule has 0 radical (unpaired) electrons. The lowest BCUT2D eigenvalue weighted by molar-refractivity contribution is 0.0905. The van der Waals surface area contributed by atoms with Gasteiger partial charge in [-0.3, -0.25) is 19.3 Å². The normalized spacial score (nSPS) is 15.8. The molecular weight excluding hydrogens is 476 g/mol. The average Bonchev–Trinajstić information content (AvgIpc) is 3.41. The van der Waals surface area contributed by atoms with Crippen molar-refractivity contribution in [3.63, 3.8) is 0 Å². The molecule has 0 unspecified atom stereocenters. The Labute approximate surface area is 214 Å². The van der Waals surface area contributed by atoms with Crippen molar-refractivity contribution in [2.45, 2.75) is 45.3 Å². The third-order valence-electron chi connectivity index (χ3n) is 6.08. The van der Waals surface area contributed by atoms with Gasteiger partial charge < -0.3 is 14.6 Å². The molecule has 10 heteroatoms. The van der Waals surface area contributed by atoms with Crippen LogP contribution in [-0.2, 0) is 24.9 Å². The van der Waals surface area contributed by atoms with E-state index >= 15 is 0 Å². The highest BCUT2D eigenvalue weighted by Crippen LogP contribution is 2.33. The third-order valence-corrected chi connectivity index (χ3v) is 7.47. The fourth-order valence-electron chi connectivity index (χ4n) is 4.12. The molecular formula is C26H36N6O3S. The molecule has 9 nitrogen and oxygen atoms in total. The van der Waals surface area contributed by atoms with Gasteiger partial charge in [-0.15, -0.1) is 0 Å². The summed E-state index contributed by atoms with van der Waals surface area (Å²) in [6.07, 6.45) is 17.0. The summed E-state index contributed by atoms with van der Waals surface area (Å²) >= 11 is 0. The van der Waals surface area contributed by atoms with Crippen LogP contribution >= 0.6 is 10.0 Å². The van der Waals surface area contributed by atoms with Gasteiger partial charge in [0.15, 0.2) is 11.5 Å². The lowest BCUT2D eigenvalue weighted by Crippen LogP contribution is -2.15. The standard InChI is InChI=1S/C26H36N6O3S/c1-31-16-21-24(30-31)23(33)10-8-6-5-7-9-20-15-19(11-12-27-20)25-28-22(26(34)29-21)17-32(25)18-35-13-14-36(2,3)4/h11-12,15-17H,5-10,13-14,18H2,1-4H3,(H,29,34). The van der Waals surface area contributed by atoms with Crippen molar-refractivity contribution in [1.29, 1.82) is 0 Å². The number of aryl methyl sites for hydroxylation is 2. The number of anilines is 1. The lowest BCUT2D eigenvalue weighted by Gasteiger charge is -2.24. The van der Waals surface area contributed by atoms with E-state index in [0.29, 0.717) is 37.0 Å². The second-order valence-corrected chi connectivity index (χ2v) is 14.7. The predicted molar refractivity (Wildman–Crippen MR) is 144 cm³/mol. The number of amides is 1. The first-order chi connectivity index (χ1) is 17.2. The average molecular weight is 513 g/mol. The molecule has 1 N–H and O–H groups in total. The van der Waals surface area contributed by atoms with Crippen LogP contribution < -0.4 is 5.32 Å². The number of nitrogens with zero attached hydrogens (tertiary/aromatic N) is 5. The van der Waals surface area contributed by atoms with E-state index in [-0.39, 0.29) is 11.5 Å². The summed E-state index contributed by atoms with van der Waals surface area (Å²) in [6.45, 7) is 0.931. The van der Waals surface area contributed by atoms with Gasteiger partial charge in [-0.25, -0.2) is 15.0 Å². The Kier molecular flexibility index (Phi) is 8.25. The molecule has 4 bridgehead atoms. The predicted octanol–water partition coefficient (Wildman–Crippen LogP) is 4.29. The molecule has 0 saturated carbocycles. The number of nitrogens with one attached hydrogen (secondary N) is 1. The maximum absolute atomic E-state index is 13.2. The van der Waals surface area contributed by atoms with Gasteiger partial charge in [0.1, 0.15) is 18.2 Å². The molecule has 3 aromatic rings. The highest BCUT2D eigenvalue weighted by molar-refractivity contribution is 8.32. The molecule has 1 amide bonds. The van der Waals surface area contributed by atoms with E-state index < -0.39 is 15.9 Å². The minimum atomic E-state index is -0.663. The fourth-order valence-corrected chi connectivity index (χ4v) is 4.73. The minimum Gasteiger partial charge on any atom is -0.360 e. The van der Waals surface area contributed by atoms with Crippen molar-refractivity contribution in [1.82, 2.24) is 24.3 Å². The Morgan fingerprint density at radius 2 is 1.86 bits per heavy atom. The number of carbonyl (C=O) groups excluding carboxylic acids is 2. The van der Waals surface area contributed by atoms with Gasteiger partial charge in [-0.05, 0) is 50.2 Å². The van der Waals surface area contributed by atoms with Crippen molar-refractivity contribution in [2.24, 2.45) is 7.05 Å². The largest absolute Gasteiger partial charge is 0.360 e. The SMILES string of the molecule is Cn1cc2c(n1)C(=O)CCCCCCc1cc(ccn1)-c1nc(cn1COCCS(C)(C)C)C(=O)N2. The van der Waals surface area contributed by atoms with Crippen LogP contribution in [0.3, 0.4) is 0 Å². The van der Waals surface area contributed by atoms with Crippen LogP contribution in [0.4, 0.5) is 5.69 Å². The number of hydrogen-bond donors (Lipinski definition) is 1. The van der Waals surface area contributed by atoms with E-state index in [0.717, 1.165) is 49.1 Å². The number of rotatable bonds is 5. The van der Waals surface area contributed by atoms with E-state index in [1.165, 1.54) is 0 Å². The van der Waals surface area contributed by atoms with Gasteiger partial charge in [0.2, 0.25) is 0 Å². The zero-order chi connectivity index (χ0) is 25.7. The summed E-state index contributed by atoms with van der Waals surface area (Å²) in [5.74, 6) is 1.19. The topological polar surface area (TPSA) is 104 Å². The van der Waals surface area contributed by atoms with Crippen molar-refractivity contribution >= 4 is 27.4 Å². The van der Waals surface area contributed by atoms with Crippen molar-refractivity contribution in [3.05, 3.63) is 47.8 Å². The van der Waals surface area contributed by atoms with E-state index in [4.69, 9.17) is 4.74 Å². The summed E-state index contributed by atoms with van der Waals surface area (Å²) in [5, 5.41) is 7.16. The first kappa shape index (κ1) is 26.1.